The van der Waals surface area contributed by atoms with Gasteiger partial charge in [-0.15, -0.1) is 0 Å². The van der Waals surface area contributed by atoms with Crippen molar-refractivity contribution in [1.29, 1.82) is 0 Å². The topological polar surface area (TPSA) is 125 Å². The van der Waals surface area contributed by atoms with Crippen LogP contribution in [0.2, 0.25) is 0 Å². The summed E-state index contributed by atoms with van der Waals surface area (Å²) in [7, 11) is -3.91. The van der Waals surface area contributed by atoms with Crippen LogP contribution in [0.25, 0.3) is 0 Å². The van der Waals surface area contributed by atoms with Gasteiger partial charge in [-0.25, -0.2) is 9.59 Å². The molecule has 0 atom stereocenters. The van der Waals surface area contributed by atoms with Crippen molar-refractivity contribution < 1.29 is 28.7 Å². The largest absolute Gasteiger partial charge is 0.460 e. The molecule has 0 aliphatic heterocycles. The second-order valence-electron chi connectivity index (χ2n) is 4.55. The van der Waals surface area contributed by atoms with E-state index in [-0.39, 0.29) is 25.3 Å². The van der Waals surface area contributed by atoms with Gasteiger partial charge in [0, 0.05) is 18.3 Å². The van der Waals surface area contributed by atoms with Crippen LogP contribution in [0.5, 0.6) is 0 Å². The molecule has 0 heterocycles. The zero-order valence-corrected chi connectivity index (χ0v) is 13.0. The predicted octanol–water partition coefficient (Wildman–Crippen LogP) is 0.753. The van der Waals surface area contributed by atoms with Crippen LogP contribution in [0.3, 0.4) is 0 Å². The first kappa shape index (κ1) is 19.6. The molecule has 0 aromatic rings. The van der Waals surface area contributed by atoms with E-state index < -0.39 is 13.6 Å². The Morgan fingerprint density at radius 1 is 1.14 bits per heavy atom. The molecular formula is C12H23N2O6P. The Bertz CT molecular complexity index is 407. The summed E-state index contributed by atoms with van der Waals surface area (Å²) >= 11 is 0. The minimum absolute atomic E-state index is 0.0708. The summed E-state index contributed by atoms with van der Waals surface area (Å²) < 4.78 is 15.4. The Kier molecular flexibility index (Phi) is 9.69. The molecule has 0 fully saturated rings. The van der Waals surface area contributed by atoms with Gasteiger partial charge < -0.3 is 25.2 Å². The van der Waals surface area contributed by atoms with E-state index in [0.717, 1.165) is 0 Å². The lowest BCUT2D eigenvalue weighted by molar-refractivity contribution is -0.138. The highest BCUT2D eigenvalue weighted by molar-refractivity contribution is 7.51. The molecule has 0 spiro atoms. The van der Waals surface area contributed by atoms with E-state index >= 15 is 0 Å². The molecule has 0 unspecified atom stereocenters. The summed E-state index contributed by atoms with van der Waals surface area (Å²) in [5.41, 5.74) is 0.301. The number of hydrogen-bond donors (Lipinski definition) is 4. The Morgan fingerprint density at radius 3 is 2.33 bits per heavy atom. The van der Waals surface area contributed by atoms with Crippen LogP contribution in [0, 0.1) is 0 Å². The van der Waals surface area contributed by atoms with Gasteiger partial charge in [0.15, 0.2) is 0 Å². The molecular weight excluding hydrogens is 299 g/mol. The number of hydrogen-bond acceptors (Lipinski definition) is 4. The number of rotatable bonds is 10. The molecule has 9 heteroatoms. The van der Waals surface area contributed by atoms with Crippen LogP contribution in [0.1, 0.15) is 26.2 Å². The zero-order valence-electron chi connectivity index (χ0n) is 12.1. The molecule has 0 aromatic carbocycles. The van der Waals surface area contributed by atoms with Crippen molar-refractivity contribution in [3.05, 3.63) is 12.2 Å². The summed E-state index contributed by atoms with van der Waals surface area (Å²) in [6, 6.07) is -0.378. The third-order valence-electron chi connectivity index (χ3n) is 2.38. The minimum Gasteiger partial charge on any atom is -0.460 e. The van der Waals surface area contributed by atoms with Crippen molar-refractivity contribution in [2.75, 3.05) is 25.9 Å². The Labute approximate surface area is 124 Å². The molecule has 2 amide bonds. The van der Waals surface area contributed by atoms with E-state index in [2.05, 4.69) is 17.2 Å². The number of amides is 2. The Morgan fingerprint density at radius 2 is 1.76 bits per heavy atom. The number of unbranched alkanes of at least 4 members (excludes halogenated alkanes) is 2. The van der Waals surface area contributed by atoms with Crippen LogP contribution < -0.4 is 10.6 Å². The lowest BCUT2D eigenvalue weighted by atomic mass is 10.2. The van der Waals surface area contributed by atoms with Gasteiger partial charge in [0.1, 0.15) is 6.61 Å². The van der Waals surface area contributed by atoms with Crippen LogP contribution >= 0.6 is 7.60 Å². The first-order chi connectivity index (χ1) is 9.72. The smallest absolute Gasteiger partial charge is 0.333 e. The number of ether oxygens (including phenoxy) is 1. The maximum Gasteiger partial charge on any atom is 0.333 e. The fraction of sp³-hybridized carbons (Fsp3) is 0.667. The monoisotopic (exact) mass is 322 g/mol. The predicted molar refractivity (Wildman–Crippen MR) is 77.9 cm³/mol. The molecule has 0 radical (unpaired) electrons. The standard InChI is InChI=1S/C12H23N2O6P/c1-10(2)11(15)20-8-7-14-12(16)13-6-4-3-5-9-21(17,18)19/h1,3-9H2,2H3,(H2,13,14,16)(H2,17,18,19). The maximum absolute atomic E-state index is 11.3. The second-order valence-corrected chi connectivity index (χ2v) is 6.32. The molecule has 8 nitrogen and oxygen atoms in total. The third kappa shape index (κ3) is 13.4. The fourth-order valence-electron chi connectivity index (χ4n) is 1.32. The number of nitrogens with one attached hydrogen (secondary N) is 2. The zero-order chi connectivity index (χ0) is 16.3. The average Bonchev–Trinajstić information content (AvgIpc) is 2.37. The number of carbonyl (C=O) groups is 2. The van der Waals surface area contributed by atoms with Crippen LogP contribution in [-0.4, -0.2) is 47.6 Å². The van der Waals surface area contributed by atoms with Crippen LogP contribution in [0.15, 0.2) is 12.2 Å². The molecule has 0 saturated heterocycles. The average molecular weight is 322 g/mol. The van der Waals surface area contributed by atoms with Crippen LogP contribution in [0.4, 0.5) is 4.79 Å². The van der Waals surface area contributed by atoms with Crippen molar-refractivity contribution in [2.24, 2.45) is 0 Å². The van der Waals surface area contributed by atoms with Crippen molar-refractivity contribution in [2.45, 2.75) is 26.2 Å². The summed E-state index contributed by atoms with van der Waals surface area (Å²) in [5.74, 6) is -0.498. The quantitative estimate of drug-likeness (QED) is 0.204. The van der Waals surface area contributed by atoms with E-state index in [1.807, 2.05) is 0 Å². The lowest BCUT2D eigenvalue weighted by Crippen LogP contribution is -2.38. The van der Waals surface area contributed by atoms with Crippen LogP contribution in [-0.2, 0) is 14.1 Å². The van der Waals surface area contributed by atoms with Gasteiger partial charge in [0.05, 0.1) is 6.54 Å². The molecule has 21 heavy (non-hydrogen) atoms. The SMILES string of the molecule is C=C(C)C(=O)OCCNC(=O)NCCCCCP(=O)(O)O. The van der Waals surface area contributed by atoms with Gasteiger partial charge in [-0.2, -0.15) is 0 Å². The summed E-state index contributed by atoms with van der Waals surface area (Å²) in [6.07, 6.45) is 1.55. The van der Waals surface area contributed by atoms with E-state index in [9.17, 15) is 14.2 Å². The van der Waals surface area contributed by atoms with E-state index in [4.69, 9.17) is 14.5 Å². The van der Waals surface area contributed by atoms with Gasteiger partial charge in [-0.1, -0.05) is 13.0 Å². The van der Waals surface area contributed by atoms with E-state index in [0.29, 0.717) is 31.4 Å². The molecule has 0 aliphatic carbocycles. The number of esters is 1. The van der Waals surface area contributed by atoms with Gasteiger partial charge in [0.2, 0.25) is 0 Å². The van der Waals surface area contributed by atoms with Gasteiger partial charge in [-0.3, -0.25) is 4.57 Å². The first-order valence-corrected chi connectivity index (χ1v) is 8.41. The second kappa shape index (κ2) is 10.4. The molecule has 0 bridgehead atoms. The first-order valence-electron chi connectivity index (χ1n) is 6.61. The fourth-order valence-corrected chi connectivity index (χ4v) is 1.95. The normalized spacial score (nSPS) is 10.8. The van der Waals surface area contributed by atoms with E-state index in [1.165, 1.54) is 6.92 Å². The molecule has 122 valence electrons. The molecule has 0 aliphatic rings. The number of carbonyl (C=O) groups excluding carboxylic acids is 2. The molecule has 0 rings (SSSR count). The highest BCUT2D eigenvalue weighted by Crippen LogP contribution is 2.35. The van der Waals surface area contributed by atoms with Gasteiger partial charge in [0.25, 0.3) is 0 Å². The minimum atomic E-state index is -3.91. The Hall–Kier alpha value is -1.37. The van der Waals surface area contributed by atoms with Crippen molar-refractivity contribution >= 4 is 19.6 Å². The van der Waals surface area contributed by atoms with E-state index in [1.54, 1.807) is 0 Å². The maximum atomic E-state index is 11.3. The summed E-state index contributed by atoms with van der Waals surface area (Å²) in [5, 5.41) is 5.10. The highest BCUT2D eigenvalue weighted by Gasteiger charge is 2.11. The third-order valence-corrected chi connectivity index (χ3v) is 3.28. The highest BCUT2D eigenvalue weighted by atomic mass is 31.2. The van der Waals surface area contributed by atoms with Crippen molar-refractivity contribution in [3.63, 3.8) is 0 Å². The lowest BCUT2D eigenvalue weighted by Gasteiger charge is -2.08. The summed E-state index contributed by atoms with van der Waals surface area (Å²) in [6.45, 7) is 5.65. The molecule has 4 N–H and O–H groups in total. The number of urea groups is 1. The molecule has 0 aromatic heterocycles. The summed E-state index contributed by atoms with van der Waals surface area (Å²) in [4.78, 5) is 39.6. The van der Waals surface area contributed by atoms with Gasteiger partial charge >= 0.3 is 19.6 Å². The van der Waals surface area contributed by atoms with Gasteiger partial charge in [-0.05, 0) is 19.8 Å². The Balaban J connectivity index is 3.45. The molecule has 0 saturated carbocycles. The van der Waals surface area contributed by atoms with Crippen molar-refractivity contribution in [1.82, 2.24) is 10.6 Å². The van der Waals surface area contributed by atoms with Crippen molar-refractivity contribution in [3.8, 4) is 0 Å².